The first-order chi connectivity index (χ1) is 9.06. The molecule has 0 aliphatic carbocycles. The van der Waals surface area contributed by atoms with Crippen molar-refractivity contribution in [3.05, 3.63) is 0 Å². The monoisotopic (exact) mass is 301 g/mol. The summed E-state index contributed by atoms with van der Waals surface area (Å²) in [5.41, 5.74) is 0. The number of aromatic nitrogens is 3. The topological polar surface area (TPSA) is 63.2 Å². The quantitative estimate of drug-likeness (QED) is 0.833. The van der Waals surface area contributed by atoms with Crippen LogP contribution in [-0.4, -0.2) is 54.8 Å². The predicted molar refractivity (Wildman–Crippen MR) is 60.2 cm³/mol. The highest BCUT2D eigenvalue weighted by molar-refractivity contribution is 5.36. The van der Waals surface area contributed by atoms with Crippen molar-refractivity contribution in [2.75, 3.05) is 38.0 Å². The second-order valence-electron chi connectivity index (χ2n) is 3.88. The molecular formula is C9H12F5N5O. The zero-order chi connectivity index (χ0) is 15.6. The van der Waals surface area contributed by atoms with Gasteiger partial charge < -0.3 is 15.0 Å². The molecule has 1 N–H and O–H groups in total. The maximum Gasteiger partial charge on any atom is 0.456 e. The molecule has 0 amide bonds. The zero-order valence-electron chi connectivity index (χ0n) is 10.8. The van der Waals surface area contributed by atoms with Crippen LogP contribution in [0.2, 0.25) is 0 Å². The molecule has 114 valence electrons. The molecule has 0 unspecified atom stereocenters. The van der Waals surface area contributed by atoms with Crippen molar-refractivity contribution in [1.82, 2.24) is 15.0 Å². The summed E-state index contributed by atoms with van der Waals surface area (Å²) in [6.07, 6.45) is -5.70. The smallest absolute Gasteiger partial charge is 0.456 e. The summed E-state index contributed by atoms with van der Waals surface area (Å²) in [5.74, 6) is -4.96. The molecule has 0 fully saturated rings. The third-order valence-electron chi connectivity index (χ3n) is 2.02. The van der Waals surface area contributed by atoms with E-state index in [1.165, 1.54) is 11.9 Å². The molecule has 0 aromatic carbocycles. The van der Waals surface area contributed by atoms with Gasteiger partial charge in [-0.3, -0.25) is 0 Å². The molecule has 1 heterocycles. The standard InChI is InChI=1S/C9H12F5N5O/c1-15-5-16-6(19(2)3)18-7(17-5)20-4-8(10,11)9(12,13)14/h4H2,1-3H3,(H,15,16,17,18). The summed E-state index contributed by atoms with van der Waals surface area (Å²) in [6.45, 7) is -1.91. The number of anilines is 2. The summed E-state index contributed by atoms with van der Waals surface area (Å²) in [5, 5.41) is 2.51. The Hall–Kier alpha value is -1.94. The predicted octanol–water partition coefficient (Wildman–Crippen LogP) is 1.56. The molecule has 0 bridgehead atoms. The summed E-state index contributed by atoms with van der Waals surface area (Å²) >= 11 is 0. The summed E-state index contributed by atoms with van der Waals surface area (Å²) in [4.78, 5) is 12.4. The van der Waals surface area contributed by atoms with E-state index in [0.29, 0.717) is 0 Å². The Bertz CT molecular complexity index is 465. The van der Waals surface area contributed by atoms with Gasteiger partial charge in [0.2, 0.25) is 11.9 Å². The first kappa shape index (κ1) is 16.1. The second-order valence-corrected chi connectivity index (χ2v) is 3.88. The molecular weight excluding hydrogens is 289 g/mol. The van der Waals surface area contributed by atoms with Crippen molar-refractivity contribution >= 4 is 11.9 Å². The molecule has 1 aromatic rings. The van der Waals surface area contributed by atoms with E-state index in [2.05, 4.69) is 25.0 Å². The van der Waals surface area contributed by atoms with E-state index in [4.69, 9.17) is 0 Å². The lowest BCUT2D eigenvalue weighted by molar-refractivity contribution is -0.290. The molecule has 1 aromatic heterocycles. The van der Waals surface area contributed by atoms with Gasteiger partial charge in [-0.05, 0) is 0 Å². The first-order valence-electron chi connectivity index (χ1n) is 5.25. The Morgan fingerprint density at radius 3 is 2.15 bits per heavy atom. The minimum Gasteiger partial charge on any atom is -0.456 e. The Morgan fingerprint density at radius 1 is 1.10 bits per heavy atom. The lowest BCUT2D eigenvalue weighted by atomic mass is 10.3. The van der Waals surface area contributed by atoms with Crippen molar-refractivity contribution < 1.29 is 26.7 Å². The number of hydrogen-bond acceptors (Lipinski definition) is 6. The molecule has 0 saturated heterocycles. The number of halogens is 5. The van der Waals surface area contributed by atoms with Crippen LogP contribution in [0.25, 0.3) is 0 Å². The van der Waals surface area contributed by atoms with Crippen LogP contribution in [0.3, 0.4) is 0 Å². The van der Waals surface area contributed by atoms with Gasteiger partial charge in [0.1, 0.15) is 0 Å². The van der Waals surface area contributed by atoms with Crippen molar-refractivity contribution in [3.8, 4) is 6.01 Å². The van der Waals surface area contributed by atoms with Crippen LogP contribution in [0, 0.1) is 0 Å². The van der Waals surface area contributed by atoms with Gasteiger partial charge in [-0.15, -0.1) is 0 Å². The number of nitrogens with one attached hydrogen (secondary N) is 1. The highest BCUT2D eigenvalue weighted by Gasteiger charge is 2.58. The highest BCUT2D eigenvalue weighted by atomic mass is 19.4. The third kappa shape index (κ3) is 3.78. The van der Waals surface area contributed by atoms with E-state index in [1.807, 2.05) is 0 Å². The molecule has 1 rings (SSSR count). The molecule has 0 radical (unpaired) electrons. The van der Waals surface area contributed by atoms with E-state index in [9.17, 15) is 22.0 Å². The number of ether oxygens (including phenoxy) is 1. The molecule has 6 nitrogen and oxygen atoms in total. The van der Waals surface area contributed by atoms with Crippen LogP contribution in [0.4, 0.5) is 33.8 Å². The number of hydrogen-bond donors (Lipinski definition) is 1. The van der Waals surface area contributed by atoms with Gasteiger partial charge in [-0.1, -0.05) is 0 Å². The van der Waals surface area contributed by atoms with Gasteiger partial charge in [0.05, 0.1) is 0 Å². The fourth-order valence-corrected chi connectivity index (χ4v) is 0.959. The Labute approximate surface area is 111 Å². The second kappa shape index (κ2) is 5.59. The number of alkyl halides is 5. The normalized spacial score (nSPS) is 12.2. The van der Waals surface area contributed by atoms with E-state index in [0.717, 1.165) is 0 Å². The summed E-state index contributed by atoms with van der Waals surface area (Å²) in [7, 11) is 4.56. The maximum atomic E-state index is 12.7. The Balaban J connectivity index is 2.90. The van der Waals surface area contributed by atoms with Crippen LogP contribution in [0.1, 0.15) is 0 Å². The van der Waals surface area contributed by atoms with Gasteiger partial charge >= 0.3 is 18.1 Å². The molecule has 0 aliphatic rings. The number of rotatable bonds is 5. The molecule has 0 saturated carbocycles. The van der Waals surface area contributed by atoms with Gasteiger partial charge in [-0.25, -0.2) is 0 Å². The molecule has 20 heavy (non-hydrogen) atoms. The minimum atomic E-state index is -5.70. The van der Waals surface area contributed by atoms with Crippen molar-refractivity contribution in [2.45, 2.75) is 12.1 Å². The van der Waals surface area contributed by atoms with Crippen molar-refractivity contribution in [3.63, 3.8) is 0 Å². The van der Waals surface area contributed by atoms with Gasteiger partial charge in [0.25, 0.3) is 0 Å². The summed E-state index contributed by atoms with van der Waals surface area (Å²) in [6, 6.07) is -0.628. The fourth-order valence-electron chi connectivity index (χ4n) is 0.959. The van der Waals surface area contributed by atoms with Crippen LogP contribution >= 0.6 is 0 Å². The first-order valence-corrected chi connectivity index (χ1v) is 5.25. The van der Waals surface area contributed by atoms with E-state index >= 15 is 0 Å². The number of nitrogens with zero attached hydrogens (tertiary/aromatic N) is 4. The largest absolute Gasteiger partial charge is 0.456 e. The Morgan fingerprint density at radius 2 is 1.70 bits per heavy atom. The summed E-state index contributed by atoms with van der Waals surface area (Å²) < 4.78 is 65.7. The van der Waals surface area contributed by atoms with Crippen molar-refractivity contribution in [1.29, 1.82) is 0 Å². The SMILES string of the molecule is CNc1nc(OCC(F)(F)C(F)(F)F)nc(N(C)C)n1. The molecule has 0 aliphatic heterocycles. The van der Waals surface area contributed by atoms with Crippen LogP contribution in [0.15, 0.2) is 0 Å². The molecule has 0 spiro atoms. The van der Waals surface area contributed by atoms with Crippen LogP contribution in [0.5, 0.6) is 6.01 Å². The molecule has 0 atom stereocenters. The van der Waals surface area contributed by atoms with E-state index < -0.39 is 24.7 Å². The third-order valence-corrected chi connectivity index (χ3v) is 2.02. The minimum absolute atomic E-state index is 0.0194. The van der Waals surface area contributed by atoms with Crippen LogP contribution in [-0.2, 0) is 0 Å². The van der Waals surface area contributed by atoms with E-state index in [-0.39, 0.29) is 11.9 Å². The van der Waals surface area contributed by atoms with Crippen molar-refractivity contribution in [2.24, 2.45) is 0 Å². The average Bonchev–Trinajstić information content (AvgIpc) is 2.34. The van der Waals surface area contributed by atoms with E-state index in [1.54, 1.807) is 14.1 Å². The lowest BCUT2D eigenvalue weighted by Gasteiger charge is -2.19. The molecule has 11 heteroatoms. The van der Waals surface area contributed by atoms with Gasteiger partial charge in [0.15, 0.2) is 6.61 Å². The lowest BCUT2D eigenvalue weighted by Crippen LogP contribution is -2.42. The highest BCUT2D eigenvalue weighted by Crippen LogP contribution is 2.35. The fraction of sp³-hybridized carbons (Fsp3) is 0.667. The van der Waals surface area contributed by atoms with Gasteiger partial charge in [0, 0.05) is 21.1 Å². The maximum absolute atomic E-state index is 12.7. The average molecular weight is 301 g/mol. The van der Waals surface area contributed by atoms with Gasteiger partial charge in [-0.2, -0.15) is 36.9 Å². The zero-order valence-corrected chi connectivity index (χ0v) is 10.8. The Kier molecular flexibility index (Phi) is 4.50. The van der Waals surface area contributed by atoms with Crippen LogP contribution < -0.4 is 15.0 Å².